The van der Waals surface area contributed by atoms with E-state index in [1.54, 1.807) is 27.7 Å². The van der Waals surface area contributed by atoms with Gasteiger partial charge in [0.05, 0.1) is 22.0 Å². The molecule has 1 atom stereocenters. The molecule has 0 aromatic rings. The van der Waals surface area contributed by atoms with Gasteiger partial charge in [0.1, 0.15) is 12.2 Å². The summed E-state index contributed by atoms with van der Waals surface area (Å²) in [5.41, 5.74) is -1.53. The second-order valence-corrected chi connectivity index (χ2v) is 6.84. The molecule has 0 spiro atoms. The van der Waals surface area contributed by atoms with Crippen molar-refractivity contribution in [3.63, 3.8) is 0 Å². The molecule has 0 aromatic carbocycles. The standard InChI is InChI=1S/C9H18O5S/c1-8(2,3)7(10)14-9(4)5-13-15(11,12)6-9/h11-12H,5-6H2,1-4H3. The summed E-state index contributed by atoms with van der Waals surface area (Å²) in [7, 11) is -3.02. The fraction of sp³-hybridized carbons (Fsp3) is 0.889. The summed E-state index contributed by atoms with van der Waals surface area (Å²) < 4.78 is 28.6. The number of ether oxygens (including phenoxy) is 1. The molecular formula is C9H18O5S. The lowest BCUT2D eigenvalue weighted by atomic mass is 9.97. The summed E-state index contributed by atoms with van der Waals surface area (Å²) >= 11 is 0. The molecule has 15 heavy (non-hydrogen) atoms. The molecule has 5 nitrogen and oxygen atoms in total. The van der Waals surface area contributed by atoms with Crippen molar-refractivity contribution in [1.29, 1.82) is 0 Å². The Morgan fingerprint density at radius 1 is 1.47 bits per heavy atom. The third kappa shape index (κ3) is 3.34. The summed E-state index contributed by atoms with van der Waals surface area (Å²) in [5.74, 6) is -0.423. The van der Waals surface area contributed by atoms with Gasteiger partial charge >= 0.3 is 5.97 Å². The minimum Gasteiger partial charge on any atom is -0.455 e. The molecule has 1 unspecified atom stereocenters. The lowest BCUT2D eigenvalue weighted by molar-refractivity contribution is -0.166. The van der Waals surface area contributed by atoms with Crippen LogP contribution in [0.5, 0.6) is 0 Å². The van der Waals surface area contributed by atoms with Gasteiger partial charge in [0, 0.05) is 0 Å². The molecule has 0 aromatic heterocycles. The van der Waals surface area contributed by atoms with Gasteiger partial charge in [-0.3, -0.25) is 8.98 Å². The number of carbonyl (C=O) groups is 1. The zero-order valence-corrected chi connectivity index (χ0v) is 10.3. The van der Waals surface area contributed by atoms with Gasteiger partial charge in [-0.15, -0.1) is 0 Å². The van der Waals surface area contributed by atoms with Gasteiger partial charge in [0.25, 0.3) is 0 Å². The summed E-state index contributed by atoms with van der Waals surface area (Å²) in [4.78, 5) is 11.6. The monoisotopic (exact) mass is 238 g/mol. The van der Waals surface area contributed by atoms with E-state index < -0.39 is 21.9 Å². The van der Waals surface area contributed by atoms with Crippen molar-refractivity contribution in [2.24, 2.45) is 5.41 Å². The highest BCUT2D eigenvalue weighted by Crippen LogP contribution is 2.50. The van der Waals surface area contributed by atoms with Crippen LogP contribution in [0, 0.1) is 5.41 Å². The molecule has 0 aliphatic carbocycles. The fourth-order valence-corrected chi connectivity index (χ4v) is 2.60. The van der Waals surface area contributed by atoms with Crippen LogP contribution in [0.15, 0.2) is 0 Å². The second kappa shape index (κ2) is 3.62. The Labute approximate surface area is 91.3 Å². The van der Waals surface area contributed by atoms with E-state index in [9.17, 15) is 13.9 Å². The number of hydrogen-bond acceptors (Lipinski definition) is 5. The Morgan fingerprint density at radius 3 is 2.33 bits per heavy atom. The van der Waals surface area contributed by atoms with E-state index in [0.29, 0.717) is 0 Å². The third-order valence-corrected chi connectivity index (χ3v) is 3.48. The van der Waals surface area contributed by atoms with Crippen LogP contribution >= 0.6 is 10.9 Å². The Bertz CT molecular complexity index is 270. The van der Waals surface area contributed by atoms with Crippen molar-refractivity contribution >= 4 is 16.8 Å². The van der Waals surface area contributed by atoms with Gasteiger partial charge in [-0.1, -0.05) is 0 Å². The predicted octanol–water partition coefficient (Wildman–Crippen LogP) is 2.03. The summed E-state index contributed by atoms with van der Waals surface area (Å²) in [6, 6.07) is 0. The number of esters is 1. The molecular weight excluding hydrogens is 220 g/mol. The zero-order valence-electron chi connectivity index (χ0n) is 9.44. The van der Waals surface area contributed by atoms with Crippen LogP contribution in [0.1, 0.15) is 27.7 Å². The minimum absolute atomic E-state index is 0.0250. The molecule has 1 rings (SSSR count). The fourth-order valence-electron chi connectivity index (χ4n) is 1.14. The van der Waals surface area contributed by atoms with Crippen molar-refractivity contribution in [2.75, 3.05) is 12.4 Å². The summed E-state index contributed by atoms with van der Waals surface area (Å²) in [6.07, 6.45) is 0. The molecule has 0 saturated carbocycles. The van der Waals surface area contributed by atoms with Crippen LogP contribution in [0.3, 0.4) is 0 Å². The highest BCUT2D eigenvalue weighted by molar-refractivity contribution is 8.20. The van der Waals surface area contributed by atoms with Gasteiger partial charge in [-0.2, -0.15) is 0 Å². The van der Waals surface area contributed by atoms with Gasteiger partial charge in [-0.05, 0) is 27.7 Å². The number of rotatable bonds is 1. The van der Waals surface area contributed by atoms with E-state index in [4.69, 9.17) is 8.92 Å². The van der Waals surface area contributed by atoms with E-state index in [-0.39, 0.29) is 18.3 Å². The van der Waals surface area contributed by atoms with E-state index in [1.165, 1.54) is 0 Å². The predicted molar refractivity (Wildman–Crippen MR) is 57.6 cm³/mol. The number of hydrogen-bond donors (Lipinski definition) is 2. The normalized spacial score (nSPS) is 32.4. The maximum Gasteiger partial charge on any atom is 0.311 e. The van der Waals surface area contributed by atoms with Crippen LogP contribution in [-0.2, 0) is 13.7 Å². The van der Waals surface area contributed by atoms with E-state index in [1.807, 2.05) is 0 Å². The Morgan fingerprint density at radius 2 is 2.00 bits per heavy atom. The molecule has 90 valence electrons. The van der Waals surface area contributed by atoms with Gasteiger partial charge in [0.2, 0.25) is 0 Å². The smallest absolute Gasteiger partial charge is 0.311 e. The van der Waals surface area contributed by atoms with Crippen LogP contribution < -0.4 is 0 Å². The summed E-state index contributed by atoms with van der Waals surface area (Å²) in [6.45, 7) is 6.89. The SMILES string of the molecule is CC1(OC(=O)C(C)(C)C)COS(O)(O)C1. The highest BCUT2D eigenvalue weighted by Gasteiger charge is 2.46. The highest BCUT2D eigenvalue weighted by atomic mass is 32.3. The zero-order chi connectivity index (χ0) is 11.9. The molecule has 1 aliphatic rings. The molecule has 1 fully saturated rings. The van der Waals surface area contributed by atoms with Gasteiger partial charge < -0.3 is 13.8 Å². The van der Waals surface area contributed by atoms with Gasteiger partial charge in [-0.25, -0.2) is 0 Å². The molecule has 6 heteroatoms. The molecule has 0 amide bonds. The average Bonchev–Trinajstić information content (AvgIpc) is 2.23. The average molecular weight is 238 g/mol. The van der Waals surface area contributed by atoms with Crippen LogP contribution in [0.4, 0.5) is 0 Å². The first kappa shape index (κ1) is 12.8. The molecule has 1 heterocycles. The first-order valence-electron chi connectivity index (χ1n) is 4.68. The van der Waals surface area contributed by atoms with E-state index in [2.05, 4.69) is 0 Å². The quantitative estimate of drug-likeness (QED) is 0.683. The second-order valence-electron chi connectivity index (χ2n) is 5.10. The van der Waals surface area contributed by atoms with Crippen LogP contribution in [0.2, 0.25) is 0 Å². The Kier molecular flexibility index (Phi) is 3.08. The maximum atomic E-state index is 11.6. The summed E-state index contributed by atoms with van der Waals surface area (Å²) in [5, 5.41) is 0. The maximum absolute atomic E-state index is 11.6. The molecule has 0 bridgehead atoms. The number of carbonyl (C=O) groups excluding carboxylic acids is 1. The van der Waals surface area contributed by atoms with Crippen molar-refractivity contribution in [1.82, 2.24) is 0 Å². The lowest BCUT2D eigenvalue weighted by Gasteiger charge is -2.27. The van der Waals surface area contributed by atoms with E-state index >= 15 is 0 Å². The first-order chi connectivity index (χ1) is 6.54. The first-order valence-corrected chi connectivity index (χ1v) is 6.32. The minimum atomic E-state index is -3.02. The Balaban J connectivity index is 2.64. The molecule has 1 aliphatic heterocycles. The molecule has 2 N–H and O–H groups in total. The topological polar surface area (TPSA) is 76.0 Å². The third-order valence-electron chi connectivity index (χ3n) is 2.00. The van der Waals surface area contributed by atoms with Crippen molar-refractivity contribution in [3.05, 3.63) is 0 Å². The lowest BCUT2D eigenvalue weighted by Crippen LogP contribution is -2.39. The largest absolute Gasteiger partial charge is 0.455 e. The van der Waals surface area contributed by atoms with Crippen molar-refractivity contribution in [2.45, 2.75) is 33.3 Å². The van der Waals surface area contributed by atoms with Crippen molar-refractivity contribution in [3.8, 4) is 0 Å². The van der Waals surface area contributed by atoms with Crippen LogP contribution in [-0.4, -0.2) is 33.0 Å². The molecule has 0 radical (unpaired) electrons. The van der Waals surface area contributed by atoms with Gasteiger partial charge in [0.15, 0.2) is 0 Å². The van der Waals surface area contributed by atoms with Crippen LogP contribution in [0.25, 0.3) is 0 Å². The molecule has 1 saturated heterocycles. The van der Waals surface area contributed by atoms with E-state index in [0.717, 1.165) is 0 Å². The van der Waals surface area contributed by atoms with Crippen molar-refractivity contribution < 1.29 is 22.8 Å². The Hall–Kier alpha value is -0.300.